The van der Waals surface area contributed by atoms with Gasteiger partial charge in [-0.1, -0.05) is 23.4 Å². The highest BCUT2D eigenvalue weighted by Crippen LogP contribution is 2.28. The van der Waals surface area contributed by atoms with E-state index in [0.29, 0.717) is 29.7 Å². The molecule has 0 atom stereocenters. The molecule has 2 aromatic carbocycles. The maximum Gasteiger partial charge on any atom is 0.244 e. The van der Waals surface area contributed by atoms with Crippen LogP contribution in [0.1, 0.15) is 0 Å². The molecule has 2 heterocycles. The highest BCUT2D eigenvalue weighted by Gasteiger charge is 2.28. The number of ether oxygens (including phenoxy) is 1. The Balaban J connectivity index is 1.43. The summed E-state index contributed by atoms with van der Waals surface area (Å²) in [6.45, 7) is 1.10. The number of phenolic OH excluding ortho intramolecular Hbond substituents is 1. The van der Waals surface area contributed by atoms with E-state index in [-0.39, 0.29) is 40.4 Å². The summed E-state index contributed by atoms with van der Waals surface area (Å²) in [5, 5.41) is 24.0. The van der Waals surface area contributed by atoms with E-state index >= 15 is 0 Å². The topological polar surface area (TPSA) is 140 Å². The van der Waals surface area contributed by atoms with Crippen molar-refractivity contribution in [1.29, 1.82) is 0 Å². The number of halogens is 1. The number of carbonyl (C=O) groups excluding carboxylic acids is 1. The second-order valence-corrected chi connectivity index (χ2v) is 10.1. The van der Waals surface area contributed by atoms with E-state index in [9.17, 15) is 18.3 Å². The molecule has 0 spiro atoms. The van der Waals surface area contributed by atoms with Crippen molar-refractivity contribution in [3.63, 3.8) is 0 Å². The van der Waals surface area contributed by atoms with E-state index in [4.69, 9.17) is 16.3 Å². The Hall–Kier alpha value is -2.71. The number of morpholine rings is 1. The Morgan fingerprint density at radius 1 is 1.18 bits per heavy atom. The number of amides is 1. The van der Waals surface area contributed by atoms with Gasteiger partial charge in [0.1, 0.15) is 10.6 Å². The third-order valence-electron chi connectivity index (χ3n) is 4.67. The number of phenols is 1. The molecule has 1 aliphatic rings. The molecule has 1 saturated heterocycles. The van der Waals surface area contributed by atoms with Gasteiger partial charge in [0.15, 0.2) is 0 Å². The summed E-state index contributed by atoms with van der Waals surface area (Å²) in [4.78, 5) is 12.4. The third kappa shape index (κ3) is 5.45. The van der Waals surface area contributed by atoms with Crippen molar-refractivity contribution in [2.75, 3.05) is 37.4 Å². The fourth-order valence-electron chi connectivity index (χ4n) is 3.06. The minimum atomic E-state index is -3.82. The van der Waals surface area contributed by atoms with Gasteiger partial charge < -0.3 is 15.2 Å². The van der Waals surface area contributed by atoms with Crippen LogP contribution in [-0.2, 0) is 19.6 Å². The zero-order valence-corrected chi connectivity index (χ0v) is 19.5. The van der Waals surface area contributed by atoms with Gasteiger partial charge in [-0.2, -0.15) is 8.99 Å². The number of anilines is 1. The first-order valence-electron chi connectivity index (χ1n) is 9.72. The van der Waals surface area contributed by atoms with E-state index in [0.717, 1.165) is 11.8 Å². The molecule has 1 aliphatic heterocycles. The molecule has 1 aromatic heterocycles. The molecule has 2 N–H and O–H groups in total. The first kappa shape index (κ1) is 23.4. The van der Waals surface area contributed by atoms with Crippen LogP contribution >= 0.6 is 23.4 Å². The number of hydrogen-bond acceptors (Lipinski definition) is 9. The Kier molecular flexibility index (Phi) is 7.14. The number of sulfonamides is 1. The molecule has 0 unspecified atom stereocenters. The van der Waals surface area contributed by atoms with Gasteiger partial charge in [-0.05, 0) is 52.9 Å². The number of rotatable bonds is 7. The normalized spacial score (nSPS) is 14.8. The average molecular weight is 511 g/mol. The summed E-state index contributed by atoms with van der Waals surface area (Å²) in [7, 11) is -3.82. The molecule has 0 radical (unpaired) electrons. The van der Waals surface area contributed by atoms with Gasteiger partial charge in [-0.15, -0.1) is 5.10 Å². The fourth-order valence-corrected chi connectivity index (χ4v) is 5.66. The maximum absolute atomic E-state index is 12.9. The van der Waals surface area contributed by atoms with Crippen LogP contribution in [0.15, 0.2) is 52.5 Å². The summed E-state index contributed by atoms with van der Waals surface area (Å²) >= 11 is 7.26. The van der Waals surface area contributed by atoms with Crippen LogP contribution in [0.5, 0.6) is 5.75 Å². The van der Waals surface area contributed by atoms with Crippen molar-refractivity contribution in [2.24, 2.45) is 0 Å². The zero-order valence-electron chi connectivity index (χ0n) is 17.1. The van der Waals surface area contributed by atoms with Gasteiger partial charge >= 0.3 is 0 Å². The molecule has 3 aromatic rings. The number of nitrogens with one attached hydrogen (secondary N) is 1. The number of aromatic nitrogens is 4. The SMILES string of the molecule is O=C(CSc1nnnn1-c1ccc(O)cc1)Nc1ccc(Cl)c(S(=O)(=O)N2CCOCC2)c1. The predicted octanol–water partition coefficient (Wildman–Crippen LogP) is 1.77. The van der Waals surface area contributed by atoms with Crippen molar-refractivity contribution in [3.05, 3.63) is 47.5 Å². The number of thioether (sulfide) groups is 1. The second kappa shape index (κ2) is 10.1. The fraction of sp³-hybridized carbons (Fsp3) is 0.263. The number of carbonyl (C=O) groups is 1. The van der Waals surface area contributed by atoms with E-state index in [1.54, 1.807) is 12.1 Å². The minimum Gasteiger partial charge on any atom is -0.508 e. The molecule has 0 saturated carbocycles. The Morgan fingerprint density at radius 3 is 2.64 bits per heavy atom. The summed E-state index contributed by atoms with van der Waals surface area (Å²) in [5.74, 6) is -0.289. The van der Waals surface area contributed by atoms with Crippen LogP contribution in [0, 0.1) is 0 Å². The van der Waals surface area contributed by atoms with Crippen molar-refractivity contribution in [1.82, 2.24) is 24.5 Å². The van der Waals surface area contributed by atoms with Gasteiger partial charge in [-0.25, -0.2) is 8.42 Å². The Labute approximate surface area is 198 Å². The van der Waals surface area contributed by atoms with Crippen molar-refractivity contribution < 1.29 is 23.1 Å². The molecular formula is C19H19ClN6O5S2. The van der Waals surface area contributed by atoms with Crippen LogP contribution in [0.4, 0.5) is 5.69 Å². The quantitative estimate of drug-likeness (QED) is 0.455. The Bertz CT molecular complexity index is 1250. The smallest absolute Gasteiger partial charge is 0.244 e. The molecule has 174 valence electrons. The summed E-state index contributed by atoms with van der Waals surface area (Å²) in [5.41, 5.74) is 0.923. The molecule has 0 bridgehead atoms. The molecule has 4 rings (SSSR count). The lowest BCUT2D eigenvalue weighted by atomic mass is 10.3. The molecule has 11 nitrogen and oxygen atoms in total. The van der Waals surface area contributed by atoms with Crippen LogP contribution < -0.4 is 5.32 Å². The zero-order chi connectivity index (χ0) is 23.4. The minimum absolute atomic E-state index is 0.0212. The summed E-state index contributed by atoms with van der Waals surface area (Å²) in [6.07, 6.45) is 0. The van der Waals surface area contributed by atoms with Crippen LogP contribution in [-0.4, -0.2) is 76.0 Å². The van der Waals surface area contributed by atoms with Crippen LogP contribution in [0.25, 0.3) is 5.69 Å². The number of tetrazole rings is 1. The van der Waals surface area contributed by atoms with E-state index < -0.39 is 10.0 Å². The number of benzene rings is 2. The van der Waals surface area contributed by atoms with E-state index in [2.05, 4.69) is 20.8 Å². The molecule has 0 aliphatic carbocycles. The highest BCUT2D eigenvalue weighted by atomic mass is 35.5. The van der Waals surface area contributed by atoms with Crippen LogP contribution in [0.3, 0.4) is 0 Å². The summed E-state index contributed by atoms with van der Waals surface area (Å²) in [6, 6.07) is 10.6. The molecular weight excluding hydrogens is 492 g/mol. The number of nitrogens with zero attached hydrogens (tertiary/aromatic N) is 5. The van der Waals surface area contributed by atoms with Gasteiger partial charge in [-0.3, -0.25) is 4.79 Å². The molecule has 1 amide bonds. The monoisotopic (exact) mass is 510 g/mol. The second-order valence-electron chi connectivity index (χ2n) is 6.89. The lowest BCUT2D eigenvalue weighted by molar-refractivity contribution is -0.113. The predicted molar refractivity (Wildman–Crippen MR) is 121 cm³/mol. The van der Waals surface area contributed by atoms with Gasteiger partial charge in [0.2, 0.25) is 21.1 Å². The lowest BCUT2D eigenvalue weighted by Crippen LogP contribution is -2.40. The standard InChI is InChI=1S/C19H19ClN6O5S2/c20-16-6-1-13(11-17(16)33(29,30)25-7-9-31-10-8-25)21-18(28)12-32-19-22-23-24-26(19)14-2-4-15(27)5-3-14/h1-6,11,27H,7-10,12H2,(H,21,28). The van der Waals surface area contributed by atoms with Gasteiger partial charge in [0.25, 0.3) is 0 Å². The van der Waals surface area contributed by atoms with Crippen molar-refractivity contribution >= 4 is 45.0 Å². The van der Waals surface area contributed by atoms with Crippen molar-refractivity contribution in [3.8, 4) is 11.4 Å². The highest BCUT2D eigenvalue weighted by molar-refractivity contribution is 7.99. The van der Waals surface area contributed by atoms with Gasteiger partial charge in [0.05, 0.1) is 29.7 Å². The Morgan fingerprint density at radius 2 is 1.91 bits per heavy atom. The van der Waals surface area contributed by atoms with Crippen LogP contribution in [0.2, 0.25) is 5.02 Å². The first-order valence-corrected chi connectivity index (χ1v) is 12.5. The van der Waals surface area contributed by atoms with E-state index in [1.807, 2.05) is 0 Å². The molecule has 1 fully saturated rings. The van der Waals surface area contributed by atoms with E-state index in [1.165, 1.54) is 39.3 Å². The molecule has 33 heavy (non-hydrogen) atoms. The number of hydrogen-bond donors (Lipinski definition) is 2. The van der Waals surface area contributed by atoms with Crippen molar-refractivity contribution in [2.45, 2.75) is 10.1 Å². The lowest BCUT2D eigenvalue weighted by Gasteiger charge is -2.26. The number of aromatic hydroxyl groups is 1. The largest absolute Gasteiger partial charge is 0.508 e. The average Bonchev–Trinajstić information content (AvgIpc) is 3.28. The third-order valence-corrected chi connectivity index (χ3v) is 7.97. The maximum atomic E-state index is 12.9. The first-order chi connectivity index (χ1) is 15.8. The summed E-state index contributed by atoms with van der Waals surface area (Å²) < 4.78 is 33.9. The molecule has 14 heteroatoms. The van der Waals surface area contributed by atoms with Gasteiger partial charge in [0, 0.05) is 18.8 Å².